The Bertz CT molecular complexity index is 2370. The van der Waals surface area contributed by atoms with Gasteiger partial charge in [-0.1, -0.05) is 72.8 Å². The molecule has 0 aliphatic rings. The summed E-state index contributed by atoms with van der Waals surface area (Å²) in [7, 11) is 3.33. The Hall–Kier alpha value is -6.30. The monoisotopic (exact) mass is 752 g/mol. The van der Waals surface area contributed by atoms with E-state index in [2.05, 4.69) is 164 Å². The highest BCUT2D eigenvalue weighted by Gasteiger charge is 2.16. The molecule has 0 aliphatic carbocycles. The van der Waals surface area contributed by atoms with Crippen molar-refractivity contribution in [3.8, 4) is 22.6 Å². The lowest BCUT2D eigenvalue weighted by Crippen LogP contribution is -2.11. The van der Waals surface area contributed by atoms with Crippen molar-refractivity contribution in [3.05, 3.63) is 197 Å². The number of benzene rings is 7. The van der Waals surface area contributed by atoms with Crippen molar-refractivity contribution in [2.75, 3.05) is 31.2 Å². The van der Waals surface area contributed by atoms with Gasteiger partial charge in [-0.2, -0.15) is 0 Å². The molecule has 0 fully saturated rings. The third-order valence-corrected chi connectivity index (χ3v) is 10.5. The van der Waals surface area contributed by atoms with Gasteiger partial charge >= 0.3 is 0 Å². The molecule has 0 heterocycles. The second kappa shape index (κ2) is 18.6. The van der Waals surface area contributed by atoms with Gasteiger partial charge in [-0.15, -0.1) is 0 Å². The molecule has 7 aromatic carbocycles. The molecule has 288 valence electrons. The smallest absolute Gasteiger partial charge is 0.188 e. The minimum atomic E-state index is 0.260. The first kappa shape index (κ1) is 39.0. The molecule has 7 rings (SSSR count). The molecule has 0 bridgehead atoms. The Balaban J connectivity index is 1.02. The summed E-state index contributed by atoms with van der Waals surface area (Å²) in [5.41, 5.74) is 16.9. The molecule has 0 radical (unpaired) electrons. The number of nitrogens with one attached hydrogen (secondary N) is 1. The van der Waals surface area contributed by atoms with E-state index in [1.807, 2.05) is 24.3 Å². The molecule has 57 heavy (non-hydrogen) atoms. The molecule has 7 aromatic rings. The normalized spacial score (nSPS) is 11.0. The Morgan fingerprint density at radius 3 is 1.58 bits per heavy atom. The van der Waals surface area contributed by atoms with Crippen LogP contribution in [0.5, 0.6) is 11.5 Å². The summed E-state index contributed by atoms with van der Waals surface area (Å²) in [5, 5.41) is 3.64. The third-order valence-electron chi connectivity index (χ3n) is 10.5. The van der Waals surface area contributed by atoms with Gasteiger partial charge < -0.3 is 24.4 Å². The van der Waals surface area contributed by atoms with Crippen LogP contribution in [-0.4, -0.2) is 21.0 Å². The van der Waals surface area contributed by atoms with Crippen LogP contribution >= 0.6 is 0 Å². The molecule has 0 aromatic heterocycles. The second-order valence-corrected chi connectivity index (χ2v) is 14.7. The summed E-state index contributed by atoms with van der Waals surface area (Å²) in [5.74, 6) is 1.71. The highest BCUT2D eigenvalue weighted by atomic mass is 16.7. The molecular formula is C52H52N2O3. The van der Waals surface area contributed by atoms with Gasteiger partial charge in [0, 0.05) is 35.5 Å². The zero-order chi connectivity index (χ0) is 39.6. The van der Waals surface area contributed by atoms with Crippen molar-refractivity contribution in [3.63, 3.8) is 0 Å². The number of nitrogens with zero attached hydrogens (tertiary/aromatic N) is 1. The highest BCUT2D eigenvalue weighted by Crippen LogP contribution is 2.39. The summed E-state index contributed by atoms with van der Waals surface area (Å²) in [6.07, 6.45) is 3.92. The fourth-order valence-corrected chi connectivity index (χ4v) is 7.23. The first-order valence-corrected chi connectivity index (χ1v) is 19.7. The first-order valence-electron chi connectivity index (χ1n) is 19.7. The van der Waals surface area contributed by atoms with Gasteiger partial charge in [0.25, 0.3) is 0 Å². The molecule has 0 aliphatic heterocycles. The van der Waals surface area contributed by atoms with Gasteiger partial charge in [-0.05, 0) is 181 Å². The van der Waals surface area contributed by atoms with E-state index >= 15 is 0 Å². The molecule has 0 amide bonds. The zero-order valence-corrected chi connectivity index (χ0v) is 33.7. The van der Waals surface area contributed by atoms with Crippen molar-refractivity contribution in [1.82, 2.24) is 0 Å². The van der Waals surface area contributed by atoms with Gasteiger partial charge in [-0.25, -0.2) is 0 Å². The summed E-state index contributed by atoms with van der Waals surface area (Å²) in [4.78, 5) is 2.38. The van der Waals surface area contributed by atoms with Crippen molar-refractivity contribution >= 4 is 28.4 Å². The average molecular weight is 753 g/mol. The Morgan fingerprint density at radius 1 is 0.491 bits per heavy atom. The molecule has 1 N–H and O–H groups in total. The molecule has 5 nitrogen and oxygen atoms in total. The van der Waals surface area contributed by atoms with E-state index in [1.165, 1.54) is 55.8 Å². The van der Waals surface area contributed by atoms with Gasteiger partial charge in [-0.3, -0.25) is 0 Å². The van der Waals surface area contributed by atoms with Crippen LogP contribution in [0.25, 0.3) is 11.1 Å². The maximum atomic E-state index is 5.51. The molecule has 5 heteroatoms. The lowest BCUT2D eigenvalue weighted by Gasteiger charge is -2.28. The fraction of sp³-hybridized carbons (Fsp3) is 0.192. The largest absolute Gasteiger partial charge is 0.497 e. The average Bonchev–Trinajstić information content (AvgIpc) is 3.24. The number of methoxy groups -OCH3 is 2. The Labute approximate surface area is 338 Å². The first-order chi connectivity index (χ1) is 27.8. The zero-order valence-electron chi connectivity index (χ0n) is 33.7. The number of rotatable bonds is 16. The van der Waals surface area contributed by atoms with Crippen LogP contribution in [0.15, 0.2) is 158 Å². The maximum Gasteiger partial charge on any atom is 0.188 e. The lowest BCUT2D eigenvalue weighted by molar-refractivity contribution is 0.0511. The highest BCUT2D eigenvalue weighted by molar-refractivity contribution is 5.81. The molecule has 0 atom stereocenters. The van der Waals surface area contributed by atoms with E-state index in [0.29, 0.717) is 0 Å². The van der Waals surface area contributed by atoms with Crippen LogP contribution in [0.2, 0.25) is 0 Å². The van der Waals surface area contributed by atoms with Gasteiger partial charge in [0.05, 0.1) is 7.11 Å². The fourth-order valence-electron chi connectivity index (χ4n) is 7.23. The van der Waals surface area contributed by atoms with E-state index in [1.54, 1.807) is 14.2 Å². The van der Waals surface area contributed by atoms with Crippen LogP contribution in [-0.2, 0) is 30.4 Å². The Kier molecular flexibility index (Phi) is 12.7. The molecule has 0 saturated carbocycles. The van der Waals surface area contributed by atoms with E-state index in [9.17, 15) is 0 Å². The van der Waals surface area contributed by atoms with Crippen LogP contribution < -0.4 is 19.7 Å². The van der Waals surface area contributed by atoms with Crippen LogP contribution in [0.4, 0.5) is 28.4 Å². The van der Waals surface area contributed by atoms with Crippen molar-refractivity contribution in [2.45, 2.75) is 46.5 Å². The quantitative estimate of drug-likeness (QED) is 0.0996. The third kappa shape index (κ3) is 10.1. The van der Waals surface area contributed by atoms with Gasteiger partial charge in [0.15, 0.2) is 6.79 Å². The van der Waals surface area contributed by atoms with E-state index < -0.39 is 0 Å². The SMILES string of the molecule is COCOc1ccc(CCc2ccc(Nc3ccc(-c4ccc(N(c5ccc(CCc6ccc(OC)cc6)cc5)c5cccc(C)c5)c(C)c4)cc3C)cc2)cc1. The van der Waals surface area contributed by atoms with Crippen LogP contribution in [0, 0.1) is 20.8 Å². The summed E-state index contributed by atoms with van der Waals surface area (Å²) in [6.45, 7) is 6.80. The minimum absolute atomic E-state index is 0.260. The Morgan fingerprint density at radius 2 is 1.04 bits per heavy atom. The van der Waals surface area contributed by atoms with E-state index in [-0.39, 0.29) is 6.79 Å². The van der Waals surface area contributed by atoms with Crippen LogP contribution in [0.3, 0.4) is 0 Å². The standard InChI is InChI=1S/C52H52N2O3/c1-37-7-6-8-48(33-37)54(47-25-15-41(16-26-47)10-12-42-17-27-49(56-5)28-18-42)52-32-22-45(35-39(52)3)44-21-31-51(38(2)34-44)53-46-23-13-40(14-24-46)9-11-43-19-29-50(30-20-43)57-36-55-4/h6-8,13-35,53H,9-12,36H2,1-5H3. The predicted molar refractivity (Wildman–Crippen MR) is 237 cm³/mol. The predicted octanol–water partition coefficient (Wildman–Crippen LogP) is 13.1. The number of ether oxygens (including phenoxy) is 3. The van der Waals surface area contributed by atoms with Gasteiger partial charge in [0.2, 0.25) is 0 Å². The molecule has 0 unspecified atom stereocenters. The second-order valence-electron chi connectivity index (χ2n) is 14.7. The molecular weight excluding hydrogens is 701 g/mol. The number of hydrogen-bond acceptors (Lipinski definition) is 5. The molecule has 0 spiro atoms. The number of hydrogen-bond donors (Lipinski definition) is 1. The number of anilines is 5. The van der Waals surface area contributed by atoms with Crippen molar-refractivity contribution in [2.24, 2.45) is 0 Å². The minimum Gasteiger partial charge on any atom is -0.497 e. The lowest BCUT2D eigenvalue weighted by atomic mass is 9.98. The summed E-state index contributed by atoms with van der Waals surface area (Å²) >= 11 is 0. The summed E-state index contributed by atoms with van der Waals surface area (Å²) in [6, 6.07) is 56.7. The van der Waals surface area contributed by atoms with E-state index in [4.69, 9.17) is 14.2 Å². The van der Waals surface area contributed by atoms with Crippen molar-refractivity contribution in [1.29, 1.82) is 0 Å². The van der Waals surface area contributed by atoms with Gasteiger partial charge in [0.1, 0.15) is 11.5 Å². The summed E-state index contributed by atoms with van der Waals surface area (Å²) < 4.78 is 15.8. The van der Waals surface area contributed by atoms with Crippen molar-refractivity contribution < 1.29 is 14.2 Å². The number of aryl methyl sites for hydroxylation is 7. The maximum absolute atomic E-state index is 5.51. The van der Waals surface area contributed by atoms with E-state index in [0.717, 1.165) is 59.9 Å². The van der Waals surface area contributed by atoms with Crippen LogP contribution in [0.1, 0.15) is 38.9 Å². The molecule has 0 saturated heterocycles. The topological polar surface area (TPSA) is 43.0 Å².